The van der Waals surface area contributed by atoms with Gasteiger partial charge in [-0.1, -0.05) is 18.2 Å². The Morgan fingerprint density at radius 1 is 1.23 bits per heavy atom. The van der Waals surface area contributed by atoms with Gasteiger partial charge in [-0.3, -0.25) is 14.4 Å². The number of esters is 1. The number of benzene rings is 1. The molecule has 1 aromatic heterocycles. The molecule has 2 aromatic rings. The lowest BCUT2D eigenvalue weighted by Gasteiger charge is -2.20. The summed E-state index contributed by atoms with van der Waals surface area (Å²) in [5.74, 6) is -0.510. The van der Waals surface area contributed by atoms with Crippen LogP contribution in [0.4, 0.5) is 0 Å². The van der Waals surface area contributed by atoms with Crippen LogP contribution in [0.25, 0.3) is 10.8 Å². The topological polar surface area (TPSA) is 89.1 Å². The van der Waals surface area contributed by atoms with Crippen molar-refractivity contribution in [3.05, 3.63) is 40.3 Å². The second-order valence-corrected chi connectivity index (χ2v) is 5.41. The number of aromatic amines is 1. The van der Waals surface area contributed by atoms with E-state index in [1.165, 1.54) is 0 Å². The standard InChI is InChI=1S/C16H16N2O4/c19-13-7-3-4-8-14(13)22-15(20)9-12-10-5-1-2-6-11(10)16(21)18-17-12/h1-2,5-6,14H,3-4,7-9H2,(H,18,21)/t14-/m0/s1. The average Bonchev–Trinajstić information content (AvgIpc) is 2.53. The first-order chi connectivity index (χ1) is 10.6. The number of Topliss-reactive ketones (excluding diaryl/α,β-unsaturated/α-hetero) is 1. The second kappa shape index (κ2) is 6.09. The van der Waals surface area contributed by atoms with Gasteiger partial charge in [0, 0.05) is 11.8 Å². The molecular formula is C16H16N2O4. The second-order valence-electron chi connectivity index (χ2n) is 5.41. The number of hydrogen-bond donors (Lipinski definition) is 1. The molecule has 1 atom stereocenters. The van der Waals surface area contributed by atoms with E-state index in [4.69, 9.17) is 4.74 Å². The van der Waals surface area contributed by atoms with Crippen molar-refractivity contribution < 1.29 is 14.3 Å². The molecule has 22 heavy (non-hydrogen) atoms. The fraction of sp³-hybridized carbons (Fsp3) is 0.375. The molecule has 6 heteroatoms. The number of carbonyl (C=O) groups excluding carboxylic acids is 2. The first-order valence-corrected chi connectivity index (χ1v) is 7.33. The number of ether oxygens (including phenoxy) is 1. The third-order valence-corrected chi connectivity index (χ3v) is 3.86. The molecule has 0 aliphatic heterocycles. The van der Waals surface area contributed by atoms with Gasteiger partial charge in [-0.15, -0.1) is 0 Å². The molecule has 0 bridgehead atoms. The maximum atomic E-state index is 12.0. The van der Waals surface area contributed by atoms with Crippen molar-refractivity contribution in [3.8, 4) is 0 Å². The van der Waals surface area contributed by atoms with E-state index in [2.05, 4.69) is 10.2 Å². The highest BCUT2D eigenvalue weighted by Crippen LogP contribution is 2.19. The highest BCUT2D eigenvalue weighted by Gasteiger charge is 2.26. The largest absolute Gasteiger partial charge is 0.454 e. The number of fused-ring (bicyclic) bond motifs is 1. The number of carbonyl (C=O) groups is 2. The van der Waals surface area contributed by atoms with Crippen LogP contribution in [0.1, 0.15) is 31.4 Å². The molecule has 1 fully saturated rings. The molecule has 1 aliphatic rings. The van der Waals surface area contributed by atoms with E-state index in [0.717, 1.165) is 12.8 Å². The van der Waals surface area contributed by atoms with Gasteiger partial charge < -0.3 is 4.74 Å². The number of hydrogen-bond acceptors (Lipinski definition) is 5. The summed E-state index contributed by atoms with van der Waals surface area (Å²) < 4.78 is 5.27. The van der Waals surface area contributed by atoms with Gasteiger partial charge in [0.25, 0.3) is 5.56 Å². The Kier molecular flexibility index (Phi) is 4.00. The van der Waals surface area contributed by atoms with Crippen LogP contribution in [0, 0.1) is 0 Å². The fourth-order valence-corrected chi connectivity index (χ4v) is 2.72. The first kappa shape index (κ1) is 14.4. The minimum atomic E-state index is -0.629. The van der Waals surface area contributed by atoms with Crippen LogP contribution in [0.5, 0.6) is 0 Å². The Morgan fingerprint density at radius 3 is 2.77 bits per heavy atom. The molecule has 3 rings (SSSR count). The van der Waals surface area contributed by atoms with Gasteiger partial charge in [-0.25, -0.2) is 5.10 Å². The summed E-state index contributed by atoms with van der Waals surface area (Å²) in [7, 11) is 0. The molecule has 1 saturated carbocycles. The molecule has 1 heterocycles. The summed E-state index contributed by atoms with van der Waals surface area (Å²) >= 11 is 0. The third kappa shape index (κ3) is 2.90. The van der Waals surface area contributed by atoms with E-state index in [0.29, 0.717) is 29.3 Å². The smallest absolute Gasteiger partial charge is 0.312 e. The van der Waals surface area contributed by atoms with Crippen LogP contribution < -0.4 is 5.56 Å². The third-order valence-electron chi connectivity index (χ3n) is 3.86. The molecule has 1 aromatic carbocycles. The van der Waals surface area contributed by atoms with E-state index < -0.39 is 12.1 Å². The van der Waals surface area contributed by atoms with E-state index in [1.54, 1.807) is 24.3 Å². The minimum absolute atomic E-state index is 0.0149. The molecule has 0 saturated heterocycles. The van der Waals surface area contributed by atoms with Gasteiger partial charge in [0.2, 0.25) is 0 Å². The molecule has 0 spiro atoms. The molecule has 1 aliphatic carbocycles. The van der Waals surface area contributed by atoms with Crippen LogP contribution in [0.15, 0.2) is 29.1 Å². The van der Waals surface area contributed by atoms with E-state index >= 15 is 0 Å². The van der Waals surface area contributed by atoms with Gasteiger partial charge in [0.05, 0.1) is 17.5 Å². The minimum Gasteiger partial charge on any atom is -0.454 e. The summed E-state index contributed by atoms with van der Waals surface area (Å²) in [6, 6.07) is 6.95. The normalized spacial score (nSPS) is 18.4. The monoisotopic (exact) mass is 300 g/mol. The quantitative estimate of drug-likeness (QED) is 0.868. The van der Waals surface area contributed by atoms with Crippen molar-refractivity contribution in [3.63, 3.8) is 0 Å². The van der Waals surface area contributed by atoms with Crippen molar-refractivity contribution in [1.82, 2.24) is 10.2 Å². The van der Waals surface area contributed by atoms with Crippen molar-refractivity contribution in [2.45, 2.75) is 38.2 Å². The van der Waals surface area contributed by atoms with Gasteiger partial charge in [-0.05, 0) is 25.3 Å². The number of rotatable bonds is 3. The van der Waals surface area contributed by atoms with Crippen molar-refractivity contribution in [1.29, 1.82) is 0 Å². The maximum absolute atomic E-state index is 12.0. The lowest BCUT2D eigenvalue weighted by Crippen LogP contribution is -2.31. The summed E-state index contributed by atoms with van der Waals surface area (Å²) in [4.78, 5) is 35.4. The molecule has 114 valence electrons. The zero-order valence-corrected chi connectivity index (χ0v) is 12.0. The Labute approximate surface area is 126 Å². The van der Waals surface area contributed by atoms with Crippen LogP contribution in [-0.2, 0) is 20.7 Å². The van der Waals surface area contributed by atoms with Crippen LogP contribution >= 0.6 is 0 Å². The van der Waals surface area contributed by atoms with Crippen molar-refractivity contribution >= 4 is 22.5 Å². The summed E-state index contributed by atoms with van der Waals surface area (Å²) in [5.41, 5.74) is 0.152. The van der Waals surface area contributed by atoms with Crippen LogP contribution in [0.3, 0.4) is 0 Å². The number of nitrogens with one attached hydrogen (secondary N) is 1. The zero-order chi connectivity index (χ0) is 15.5. The predicted molar refractivity (Wildman–Crippen MR) is 79.4 cm³/mol. The SMILES string of the molecule is O=C(Cc1n[nH]c(=O)c2ccccc12)O[C@H]1CCCCC1=O. The molecular weight excluding hydrogens is 284 g/mol. The van der Waals surface area contributed by atoms with Gasteiger partial charge >= 0.3 is 5.97 Å². The lowest BCUT2D eigenvalue weighted by atomic mass is 9.96. The maximum Gasteiger partial charge on any atom is 0.312 e. The first-order valence-electron chi connectivity index (χ1n) is 7.33. The summed E-state index contributed by atoms with van der Waals surface area (Å²) in [6.45, 7) is 0. The highest BCUT2D eigenvalue weighted by atomic mass is 16.5. The summed E-state index contributed by atoms with van der Waals surface area (Å²) in [6.07, 6.45) is 2.11. The molecule has 6 nitrogen and oxygen atoms in total. The van der Waals surface area contributed by atoms with E-state index in [-0.39, 0.29) is 17.8 Å². The Balaban J connectivity index is 1.78. The van der Waals surface area contributed by atoms with Crippen molar-refractivity contribution in [2.75, 3.05) is 0 Å². The van der Waals surface area contributed by atoms with Crippen molar-refractivity contribution in [2.24, 2.45) is 0 Å². The van der Waals surface area contributed by atoms with Gasteiger partial charge in [0.15, 0.2) is 11.9 Å². The Bertz CT molecular complexity index is 781. The highest BCUT2D eigenvalue weighted by molar-refractivity contribution is 5.89. The zero-order valence-electron chi connectivity index (χ0n) is 12.0. The predicted octanol–water partition coefficient (Wildman–Crippen LogP) is 1.52. The average molecular weight is 300 g/mol. The van der Waals surface area contributed by atoms with Gasteiger partial charge in [-0.2, -0.15) is 5.10 Å². The molecule has 0 radical (unpaired) electrons. The fourth-order valence-electron chi connectivity index (χ4n) is 2.72. The van der Waals surface area contributed by atoms with Gasteiger partial charge in [0.1, 0.15) is 0 Å². The van der Waals surface area contributed by atoms with Crippen LogP contribution in [0.2, 0.25) is 0 Å². The Morgan fingerprint density at radius 2 is 2.00 bits per heavy atom. The summed E-state index contributed by atoms with van der Waals surface area (Å²) in [5, 5.41) is 7.42. The number of H-pyrrole nitrogens is 1. The van der Waals surface area contributed by atoms with E-state index in [9.17, 15) is 14.4 Å². The molecule has 0 amide bonds. The number of ketones is 1. The number of aromatic nitrogens is 2. The molecule has 1 N–H and O–H groups in total. The van der Waals surface area contributed by atoms with Crippen LogP contribution in [-0.4, -0.2) is 28.1 Å². The Hall–Kier alpha value is -2.50. The molecule has 0 unspecified atom stereocenters. The number of nitrogens with zero attached hydrogens (tertiary/aromatic N) is 1. The van der Waals surface area contributed by atoms with E-state index in [1.807, 2.05) is 0 Å². The lowest BCUT2D eigenvalue weighted by molar-refractivity contribution is -0.156.